The lowest BCUT2D eigenvalue weighted by Crippen LogP contribution is -2.32. The average molecular weight is 272 g/mol. The highest BCUT2D eigenvalue weighted by Gasteiger charge is 2.18. The van der Waals surface area contributed by atoms with E-state index in [0.717, 1.165) is 38.8 Å². The average Bonchev–Trinajstić information content (AvgIpc) is 2.87. The van der Waals surface area contributed by atoms with E-state index in [2.05, 4.69) is 13.8 Å². The summed E-state index contributed by atoms with van der Waals surface area (Å²) in [5.74, 6) is 1.33. The Morgan fingerprint density at radius 3 is 2.28 bits per heavy atom. The van der Waals surface area contributed by atoms with E-state index >= 15 is 0 Å². The van der Waals surface area contributed by atoms with Crippen molar-refractivity contribution in [1.82, 2.24) is 4.90 Å². The minimum atomic E-state index is -0.0201. The first-order valence-corrected chi connectivity index (χ1v) is 7.20. The summed E-state index contributed by atoms with van der Waals surface area (Å²) in [5, 5.41) is 0. The summed E-state index contributed by atoms with van der Waals surface area (Å²) in [6, 6.07) is 3.48. The molecule has 0 radical (unpaired) electrons. The zero-order valence-corrected chi connectivity index (χ0v) is 12.0. The summed E-state index contributed by atoms with van der Waals surface area (Å²) in [4.78, 5) is 14.2. The maximum atomic E-state index is 12.3. The molecular weight excluding hydrogens is 250 g/mol. The maximum absolute atomic E-state index is 12.3. The number of halogens is 1. The number of amides is 1. The van der Waals surface area contributed by atoms with Gasteiger partial charge in [-0.3, -0.25) is 4.79 Å². The van der Waals surface area contributed by atoms with Crippen LogP contribution in [0.2, 0.25) is 0 Å². The highest BCUT2D eigenvalue weighted by Crippen LogP contribution is 2.13. The van der Waals surface area contributed by atoms with E-state index in [1.54, 1.807) is 12.1 Å². The van der Waals surface area contributed by atoms with Crippen molar-refractivity contribution in [2.45, 2.75) is 45.4 Å². The second-order valence-electron chi connectivity index (χ2n) is 4.40. The van der Waals surface area contributed by atoms with Crippen LogP contribution in [0.15, 0.2) is 16.5 Å². The third-order valence-electron chi connectivity index (χ3n) is 2.85. The number of unbranched alkanes of at least 4 members (excludes halogenated alkanes) is 2. The van der Waals surface area contributed by atoms with E-state index in [9.17, 15) is 4.79 Å². The van der Waals surface area contributed by atoms with E-state index in [4.69, 9.17) is 16.0 Å². The third-order valence-corrected chi connectivity index (χ3v) is 3.12. The van der Waals surface area contributed by atoms with Crippen LogP contribution in [0.1, 0.15) is 55.8 Å². The highest BCUT2D eigenvalue weighted by atomic mass is 35.5. The van der Waals surface area contributed by atoms with Crippen LogP contribution in [0.4, 0.5) is 0 Å². The first kappa shape index (κ1) is 15.1. The Labute approximate surface area is 114 Å². The molecule has 0 aliphatic rings. The van der Waals surface area contributed by atoms with Crippen LogP contribution < -0.4 is 0 Å². The van der Waals surface area contributed by atoms with Crippen LogP contribution in [0.25, 0.3) is 0 Å². The summed E-state index contributed by atoms with van der Waals surface area (Å²) in [6.45, 7) is 5.85. The van der Waals surface area contributed by atoms with Crippen LogP contribution in [-0.2, 0) is 5.88 Å². The molecule has 0 unspecified atom stereocenters. The number of furan rings is 1. The molecule has 0 N–H and O–H groups in total. The van der Waals surface area contributed by atoms with E-state index < -0.39 is 0 Å². The molecule has 0 bridgehead atoms. The Bertz CT molecular complexity index is 354. The fourth-order valence-corrected chi connectivity index (χ4v) is 1.88. The largest absolute Gasteiger partial charge is 0.455 e. The molecule has 18 heavy (non-hydrogen) atoms. The zero-order valence-electron chi connectivity index (χ0n) is 11.2. The number of alkyl halides is 1. The lowest BCUT2D eigenvalue weighted by Gasteiger charge is -2.21. The zero-order chi connectivity index (χ0) is 13.4. The first-order chi connectivity index (χ1) is 8.72. The molecule has 1 heterocycles. The second-order valence-corrected chi connectivity index (χ2v) is 4.67. The molecule has 0 saturated carbocycles. The Balaban J connectivity index is 2.67. The van der Waals surface area contributed by atoms with Crippen LogP contribution >= 0.6 is 11.6 Å². The van der Waals surface area contributed by atoms with Gasteiger partial charge in [-0.05, 0) is 25.0 Å². The molecule has 0 saturated heterocycles. The minimum absolute atomic E-state index is 0.0201. The maximum Gasteiger partial charge on any atom is 0.289 e. The predicted molar refractivity (Wildman–Crippen MR) is 74.0 cm³/mol. The minimum Gasteiger partial charge on any atom is -0.455 e. The summed E-state index contributed by atoms with van der Waals surface area (Å²) in [7, 11) is 0. The molecule has 1 aromatic heterocycles. The van der Waals surface area contributed by atoms with E-state index in [0.29, 0.717) is 17.4 Å². The SMILES string of the molecule is CCCCN(CCCC)C(=O)c1ccc(CCl)o1. The Kier molecular flexibility index (Phi) is 6.88. The smallest absolute Gasteiger partial charge is 0.289 e. The summed E-state index contributed by atoms with van der Waals surface area (Å²) < 4.78 is 5.41. The highest BCUT2D eigenvalue weighted by molar-refractivity contribution is 6.16. The molecule has 0 atom stereocenters. The molecule has 1 amide bonds. The van der Waals surface area contributed by atoms with Gasteiger partial charge in [0.2, 0.25) is 0 Å². The monoisotopic (exact) mass is 271 g/mol. The van der Waals surface area contributed by atoms with E-state index in [1.807, 2.05) is 4.90 Å². The molecule has 1 aromatic rings. The summed E-state index contributed by atoms with van der Waals surface area (Å²) in [6.07, 6.45) is 4.22. The number of carbonyl (C=O) groups excluding carboxylic acids is 1. The van der Waals surface area contributed by atoms with Gasteiger partial charge in [-0.15, -0.1) is 11.6 Å². The predicted octanol–water partition coefficient (Wildman–Crippen LogP) is 4.06. The van der Waals surface area contributed by atoms with Crippen molar-refractivity contribution in [2.75, 3.05) is 13.1 Å². The van der Waals surface area contributed by atoms with Crippen molar-refractivity contribution < 1.29 is 9.21 Å². The molecule has 1 rings (SSSR count). The number of rotatable bonds is 8. The summed E-state index contributed by atoms with van der Waals surface area (Å²) in [5.41, 5.74) is 0. The molecule has 0 aliphatic heterocycles. The Morgan fingerprint density at radius 1 is 1.22 bits per heavy atom. The second kappa shape index (κ2) is 8.20. The lowest BCUT2D eigenvalue weighted by atomic mass is 10.2. The van der Waals surface area contributed by atoms with Gasteiger partial charge in [-0.25, -0.2) is 0 Å². The van der Waals surface area contributed by atoms with Crippen molar-refractivity contribution in [3.8, 4) is 0 Å². The Hall–Kier alpha value is -0.960. The lowest BCUT2D eigenvalue weighted by molar-refractivity contribution is 0.0717. The number of hydrogen-bond acceptors (Lipinski definition) is 2. The third kappa shape index (κ3) is 4.37. The first-order valence-electron chi connectivity index (χ1n) is 6.66. The van der Waals surface area contributed by atoms with Gasteiger partial charge in [0.05, 0.1) is 5.88 Å². The van der Waals surface area contributed by atoms with Gasteiger partial charge in [-0.2, -0.15) is 0 Å². The van der Waals surface area contributed by atoms with Crippen LogP contribution in [0.5, 0.6) is 0 Å². The van der Waals surface area contributed by atoms with Gasteiger partial charge in [-0.1, -0.05) is 26.7 Å². The quantitative estimate of drug-likeness (QED) is 0.668. The van der Waals surface area contributed by atoms with Crippen molar-refractivity contribution in [3.05, 3.63) is 23.7 Å². The topological polar surface area (TPSA) is 33.5 Å². The molecule has 102 valence electrons. The van der Waals surface area contributed by atoms with Crippen molar-refractivity contribution in [1.29, 1.82) is 0 Å². The van der Waals surface area contributed by atoms with E-state index in [1.165, 1.54) is 0 Å². The molecule has 3 nitrogen and oxygen atoms in total. The fraction of sp³-hybridized carbons (Fsp3) is 0.643. The Morgan fingerprint density at radius 2 is 1.83 bits per heavy atom. The standard InChI is InChI=1S/C14H22ClNO2/c1-3-5-9-16(10-6-4-2)14(17)13-8-7-12(11-15)18-13/h7-8H,3-6,9-11H2,1-2H3. The van der Waals surface area contributed by atoms with E-state index in [-0.39, 0.29) is 5.91 Å². The van der Waals surface area contributed by atoms with Gasteiger partial charge in [0.25, 0.3) is 5.91 Å². The molecule has 0 aliphatic carbocycles. The van der Waals surface area contributed by atoms with Crippen LogP contribution in [0, 0.1) is 0 Å². The van der Waals surface area contributed by atoms with Crippen LogP contribution in [-0.4, -0.2) is 23.9 Å². The van der Waals surface area contributed by atoms with Crippen molar-refractivity contribution in [3.63, 3.8) is 0 Å². The number of carbonyl (C=O) groups is 1. The molecule has 0 fully saturated rings. The fourth-order valence-electron chi connectivity index (χ4n) is 1.73. The van der Waals surface area contributed by atoms with Crippen LogP contribution in [0.3, 0.4) is 0 Å². The van der Waals surface area contributed by atoms with Crippen molar-refractivity contribution >= 4 is 17.5 Å². The molecule has 0 aromatic carbocycles. The molecule has 0 spiro atoms. The van der Waals surface area contributed by atoms with Gasteiger partial charge >= 0.3 is 0 Å². The number of nitrogens with zero attached hydrogens (tertiary/aromatic N) is 1. The normalized spacial score (nSPS) is 10.6. The van der Waals surface area contributed by atoms with Gasteiger partial charge in [0, 0.05) is 13.1 Å². The summed E-state index contributed by atoms with van der Waals surface area (Å²) >= 11 is 5.67. The molecule has 4 heteroatoms. The molecular formula is C14H22ClNO2. The van der Waals surface area contributed by atoms with Gasteiger partial charge in [0.1, 0.15) is 5.76 Å². The van der Waals surface area contributed by atoms with Gasteiger partial charge < -0.3 is 9.32 Å². The number of hydrogen-bond donors (Lipinski definition) is 0. The van der Waals surface area contributed by atoms with Gasteiger partial charge in [0.15, 0.2) is 5.76 Å². The van der Waals surface area contributed by atoms with Crippen molar-refractivity contribution in [2.24, 2.45) is 0 Å².